The summed E-state index contributed by atoms with van der Waals surface area (Å²) >= 11 is 0. The summed E-state index contributed by atoms with van der Waals surface area (Å²) in [5.41, 5.74) is -0.0673. The van der Waals surface area contributed by atoms with E-state index >= 15 is 0 Å². The molecule has 0 aromatic carbocycles. The van der Waals surface area contributed by atoms with Crippen LogP contribution in [0.5, 0.6) is 0 Å². The second-order valence-electron chi connectivity index (χ2n) is 4.53. The van der Waals surface area contributed by atoms with E-state index in [1.54, 1.807) is 0 Å². The summed E-state index contributed by atoms with van der Waals surface area (Å²) in [5, 5.41) is 12.8. The minimum atomic E-state index is -0.895. The number of hydrogen-bond acceptors (Lipinski definition) is 4. The first-order chi connectivity index (χ1) is 9.02. The maximum absolute atomic E-state index is 12.0. The molecule has 7 nitrogen and oxygen atoms in total. The van der Waals surface area contributed by atoms with Gasteiger partial charge >= 0.3 is 5.97 Å². The van der Waals surface area contributed by atoms with E-state index in [1.165, 1.54) is 21.7 Å². The van der Waals surface area contributed by atoms with Crippen LogP contribution in [0.15, 0.2) is 16.9 Å². The van der Waals surface area contributed by atoms with Crippen molar-refractivity contribution in [1.82, 2.24) is 14.7 Å². The highest BCUT2D eigenvalue weighted by Gasteiger charge is 2.36. The van der Waals surface area contributed by atoms with E-state index in [-0.39, 0.29) is 30.2 Å². The van der Waals surface area contributed by atoms with Gasteiger partial charge in [0.25, 0.3) is 11.5 Å². The molecule has 1 aliphatic rings. The van der Waals surface area contributed by atoms with Crippen LogP contribution in [0.4, 0.5) is 0 Å². The largest absolute Gasteiger partial charge is 0.481 e. The van der Waals surface area contributed by atoms with E-state index in [9.17, 15) is 14.4 Å². The van der Waals surface area contributed by atoms with E-state index < -0.39 is 11.9 Å². The number of nitrogens with zero attached hydrogens (tertiary/aromatic N) is 3. The third-order valence-electron chi connectivity index (χ3n) is 3.04. The van der Waals surface area contributed by atoms with Crippen molar-refractivity contribution in [3.8, 4) is 0 Å². The second kappa shape index (κ2) is 5.21. The number of amides is 1. The molecule has 2 heterocycles. The van der Waals surface area contributed by atoms with Gasteiger partial charge in [-0.05, 0) is 12.5 Å². The van der Waals surface area contributed by atoms with Gasteiger partial charge in [0.1, 0.15) is 5.69 Å². The number of carboxylic acids is 1. The lowest BCUT2D eigenvalue weighted by Crippen LogP contribution is -2.53. The van der Waals surface area contributed by atoms with Gasteiger partial charge in [0.05, 0.1) is 5.92 Å². The smallest absolute Gasteiger partial charge is 0.310 e. The lowest BCUT2D eigenvalue weighted by atomic mass is 10.0. The Labute approximate surface area is 109 Å². The van der Waals surface area contributed by atoms with Crippen molar-refractivity contribution < 1.29 is 14.7 Å². The van der Waals surface area contributed by atoms with Crippen LogP contribution in [-0.2, 0) is 11.3 Å². The van der Waals surface area contributed by atoms with Gasteiger partial charge in [0.2, 0.25) is 0 Å². The van der Waals surface area contributed by atoms with Crippen molar-refractivity contribution in [2.75, 3.05) is 13.1 Å². The molecule has 0 saturated carbocycles. The fraction of sp³-hybridized carbons (Fsp3) is 0.500. The summed E-state index contributed by atoms with van der Waals surface area (Å²) in [4.78, 5) is 35.6. The van der Waals surface area contributed by atoms with Gasteiger partial charge in [-0.15, -0.1) is 0 Å². The van der Waals surface area contributed by atoms with E-state index in [4.69, 9.17) is 5.11 Å². The van der Waals surface area contributed by atoms with Crippen LogP contribution in [0, 0.1) is 5.92 Å². The van der Waals surface area contributed by atoms with Crippen LogP contribution in [0.3, 0.4) is 0 Å². The third kappa shape index (κ3) is 2.64. The molecule has 1 amide bonds. The number of aliphatic carboxylic acids is 1. The Morgan fingerprint density at radius 1 is 1.42 bits per heavy atom. The monoisotopic (exact) mass is 265 g/mol. The zero-order chi connectivity index (χ0) is 14.0. The van der Waals surface area contributed by atoms with E-state index in [1.807, 2.05) is 6.92 Å². The topological polar surface area (TPSA) is 92.5 Å². The molecule has 0 radical (unpaired) electrons. The molecule has 0 atom stereocenters. The number of carbonyl (C=O) groups excluding carboxylic acids is 1. The molecule has 1 aromatic heterocycles. The first-order valence-corrected chi connectivity index (χ1v) is 6.13. The average Bonchev–Trinajstić information content (AvgIpc) is 2.29. The Bertz CT molecular complexity index is 560. The minimum absolute atomic E-state index is 0.178. The quantitative estimate of drug-likeness (QED) is 0.814. The zero-order valence-electron chi connectivity index (χ0n) is 10.6. The van der Waals surface area contributed by atoms with E-state index in [0.29, 0.717) is 6.54 Å². The SMILES string of the molecule is CCCn1nc(C(=O)N2CC(C(=O)O)C2)ccc1=O. The Kier molecular flexibility index (Phi) is 3.64. The fourth-order valence-electron chi connectivity index (χ4n) is 1.90. The van der Waals surface area contributed by atoms with Crippen molar-refractivity contribution in [3.63, 3.8) is 0 Å². The summed E-state index contributed by atoms with van der Waals surface area (Å²) in [5.74, 6) is -1.72. The van der Waals surface area contributed by atoms with Crippen LogP contribution >= 0.6 is 0 Å². The minimum Gasteiger partial charge on any atom is -0.481 e. The van der Waals surface area contributed by atoms with Crippen LogP contribution in [-0.4, -0.2) is 44.8 Å². The number of rotatable bonds is 4. The summed E-state index contributed by atoms with van der Waals surface area (Å²) < 4.78 is 1.25. The summed E-state index contributed by atoms with van der Waals surface area (Å²) in [6.07, 6.45) is 0.745. The summed E-state index contributed by atoms with van der Waals surface area (Å²) in [6, 6.07) is 2.69. The van der Waals surface area contributed by atoms with Gasteiger partial charge in [-0.3, -0.25) is 14.4 Å². The maximum Gasteiger partial charge on any atom is 0.310 e. The number of carbonyl (C=O) groups is 2. The van der Waals surface area contributed by atoms with Crippen molar-refractivity contribution in [1.29, 1.82) is 0 Å². The Morgan fingerprint density at radius 3 is 2.68 bits per heavy atom. The van der Waals surface area contributed by atoms with E-state index in [2.05, 4.69) is 5.10 Å². The molecular formula is C12H15N3O4. The first kappa shape index (κ1) is 13.3. The first-order valence-electron chi connectivity index (χ1n) is 6.13. The predicted octanol–water partition coefficient (Wildman–Crippen LogP) is -0.190. The van der Waals surface area contributed by atoms with Gasteiger partial charge in [-0.2, -0.15) is 5.10 Å². The highest BCUT2D eigenvalue weighted by Crippen LogP contribution is 2.17. The number of carboxylic acid groups (broad SMARTS) is 1. The molecule has 7 heteroatoms. The molecule has 0 aliphatic carbocycles. The van der Waals surface area contributed by atoms with Crippen molar-refractivity contribution >= 4 is 11.9 Å². The molecular weight excluding hydrogens is 250 g/mol. The van der Waals surface area contributed by atoms with Crippen LogP contribution in [0.1, 0.15) is 23.8 Å². The molecule has 1 saturated heterocycles. The highest BCUT2D eigenvalue weighted by atomic mass is 16.4. The van der Waals surface area contributed by atoms with E-state index in [0.717, 1.165) is 6.42 Å². The van der Waals surface area contributed by atoms with Gasteiger partial charge < -0.3 is 10.0 Å². The number of hydrogen-bond donors (Lipinski definition) is 1. The summed E-state index contributed by atoms with van der Waals surface area (Å²) in [7, 11) is 0. The molecule has 0 spiro atoms. The normalized spacial score (nSPS) is 15.1. The van der Waals surface area contributed by atoms with Gasteiger partial charge in [-0.25, -0.2) is 4.68 Å². The average molecular weight is 265 g/mol. The molecule has 0 unspecified atom stereocenters. The molecule has 1 aromatic rings. The Hall–Kier alpha value is -2.18. The molecule has 19 heavy (non-hydrogen) atoms. The highest BCUT2D eigenvalue weighted by molar-refractivity contribution is 5.93. The van der Waals surface area contributed by atoms with Crippen LogP contribution in [0.25, 0.3) is 0 Å². The summed E-state index contributed by atoms with van der Waals surface area (Å²) in [6.45, 7) is 2.76. The fourth-order valence-corrected chi connectivity index (χ4v) is 1.90. The molecule has 1 N–H and O–H groups in total. The predicted molar refractivity (Wildman–Crippen MR) is 65.8 cm³/mol. The Morgan fingerprint density at radius 2 is 2.11 bits per heavy atom. The van der Waals surface area contributed by atoms with Crippen LogP contribution in [0.2, 0.25) is 0 Å². The molecule has 2 rings (SSSR count). The zero-order valence-corrected chi connectivity index (χ0v) is 10.6. The molecule has 0 bridgehead atoms. The van der Waals surface area contributed by atoms with Crippen molar-refractivity contribution in [3.05, 3.63) is 28.2 Å². The molecule has 102 valence electrons. The maximum atomic E-state index is 12.0. The lowest BCUT2D eigenvalue weighted by Gasteiger charge is -2.36. The van der Waals surface area contributed by atoms with Gasteiger partial charge in [-0.1, -0.05) is 6.92 Å². The number of aryl methyl sites for hydroxylation is 1. The molecule has 1 fully saturated rings. The molecule has 1 aliphatic heterocycles. The lowest BCUT2D eigenvalue weighted by molar-refractivity contribution is -0.146. The van der Waals surface area contributed by atoms with Crippen molar-refractivity contribution in [2.24, 2.45) is 5.92 Å². The number of aromatic nitrogens is 2. The standard InChI is InChI=1S/C12H15N3O4/c1-2-5-15-10(16)4-3-9(13-15)11(17)14-6-8(7-14)12(18)19/h3-4,8H,2,5-7H2,1H3,(H,18,19). The van der Waals surface area contributed by atoms with Gasteiger partial charge in [0, 0.05) is 25.7 Å². The Balaban J connectivity index is 2.10. The van der Waals surface area contributed by atoms with Crippen molar-refractivity contribution in [2.45, 2.75) is 19.9 Å². The van der Waals surface area contributed by atoms with Gasteiger partial charge in [0.15, 0.2) is 0 Å². The van der Waals surface area contributed by atoms with Crippen LogP contribution < -0.4 is 5.56 Å². The third-order valence-corrected chi connectivity index (χ3v) is 3.04. The second-order valence-corrected chi connectivity index (χ2v) is 4.53. The number of likely N-dealkylation sites (tertiary alicyclic amines) is 1.